The highest BCUT2D eigenvalue weighted by molar-refractivity contribution is 6.30. The standard InChI is InChI=1S/C16H15ClF2N2O4/c1-24-16(23)21-3-2-8(13-7-14(22)20-25-13)6-12(21)9-4-10(18)15(17)11(19)5-9/h4-5,7-8,12H,2-3,6H2,1H3,(H,20,22)/t8-,12-/m0/s1. The first-order valence-electron chi connectivity index (χ1n) is 7.58. The third kappa shape index (κ3) is 3.39. The number of H-pyrrole nitrogens is 1. The Hall–Kier alpha value is -2.35. The van der Waals surface area contributed by atoms with Gasteiger partial charge in [0, 0.05) is 18.5 Å². The molecule has 2 aromatic rings. The lowest BCUT2D eigenvalue weighted by molar-refractivity contribution is 0.0813. The van der Waals surface area contributed by atoms with Crippen molar-refractivity contribution in [1.29, 1.82) is 0 Å². The summed E-state index contributed by atoms with van der Waals surface area (Å²) in [6, 6.07) is 2.88. The molecule has 3 rings (SSSR count). The maximum atomic E-state index is 13.9. The van der Waals surface area contributed by atoms with E-state index in [4.69, 9.17) is 20.9 Å². The minimum atomic E-state index is -0.906. The van der Waals surface area contributed by atoms with Crippen LogP contribution in [0.25, 0.3) is 0 Å². The summed E-state index contributed by atoms with van der Waals surface area (Å²) in [6.45, 7) is 0.281. The van der Waals surface area contributed by atoms with Gasteiger partial charge in [-0.05, 0) is 30.5 Å². The van der Waals surface area contributed by atoms with Gasteiger partial charge in [0.15, 0.2) is 0 Å². The number of rotatable bonds is 2. The predicted octanol–water partition coefficient (Wildman–Crippen LogP) is 3.59. The summed E-state index contributed by atoms with van der Waals surface area (Å²) in [6.07, 6.45) is 0.233. The normalized spacial score (nSPS) is 20.6. The highest BCUT2D eigenvalue weighted by atomic mass is 35.5. The zero-order chi connectivity index (χ0) is 18.1. The third-order valence-corrected chi connectivity index (χ3v) is 4.71. The van der Waals surface area contributed by atoms with Gasteiger partial charge in [-0.15, -0.1) is 0 Å². The Balaban J connectivity index is 1.97. The first kappa shape index (κ1) is 17.5. The van der Waals surface area contributed by atoms with Crippen LogP contribution in [0.1, 0.15) is 36.1 Å². The van der Waals surface area contributed by atoms with Gasteiger partial charge >= 0.3 is 6.09 Å². The lowest BCUT2D eigenvalue weighted by Crippen LogP contribution is -2.40. The number of piperidine rings is 1. The summed E-state index contributed by atoms with van der Waals surface area (Å²) >= 11 is 5.53. The number of benzene rings is 1. The van der Waals surface area contributed by atoms with Crippen LogP contribution in [-0.2, 0) is 4.74 Å². The number of carbonyl (C=O) groups is 1. The molecule has 0 saturated carbocycles. The number of likely N-dealkylation sites (tertiary alicyclic amines) is 1. The van der Waals surface area contributed by atoms with Crippen molar-refractivity contribution in [2.75, 3.05) is 13.7 Å². The van der Waals surface area contributed by atoms with Gasteiger partial charge in [0.25, 0.3) is 5.56 Å². The van der Waals surface area contributed by atoms with E-state index in [1.165, 1.54) is 18.1 Å². The van der Waals surface area contributed by atoms with E-state index in [0.29, 0.717) is 18.6 Å². The second-order valence-corrected chi connectivity index (χ2v) is 6.19. The molecule has 1 aliphatic rings. The average Bonchev–Trinajstić information content (AvgIpc) is 3.04. The van der Waals surface area contributed by atoms with Gasteiger partial charge in [-0.3, -0.25) is 4.79 Å². The molecule has 0 bridgehead atoms. The molecular formula is C16H15ClF2N2O4. The highest BCUT2D eigenvalue weighted by Crippen LogP contribution is 2.40. The number of aromatic nitrogens is 1. The summed E-state index contributed by atoms with van der Waals surface area (Å²) < 4.78 is 37.6. The first-order chi connectivity index (χ1) is 11.9. The highest BCUT2D eigenvalue weighted by Gasteiger charge is 2.36. The van der Waals surface area contributed by atoms with Crippen molar-refractivity contribution in [1.82, 2.24) is 10.1 Å². The van der Waals surface area contributed by atoms with Crippen molar-refractivity contribution in [3.63, 3.8) is 0 Å². The number of halogens is 3. The van der Waals surface area contributed by atoms with E-state index in [1.807, 2.05) is 0 Å². The maximum absolute atomic E-state index is 13.9. The minimum absolute atomic E-state index is 0.188. The molecule has 9 heteroatoms. The molecule has 1 aliphatic heterocycles. The Bertz CT molecular complexity index is 828. The van der Waals surface area contributed by atoms with Crippen LogP contribution in [0.5, 0.6) is 0 Å². The molecule has 2 heterocycles. The number of nitrogens with one attached hydrogen (secondary N) is 1. The maximum Gasteiger partial charge on any atom is 0.409 e. The smallest absolute Gasteiger partial charge is 0.409 e. The van der Waals surface area contributed by atoms with E-state index in [-0.39, 0.29) is 23.6 Å². The largest absolute Gasteiger partial charge is 0.453 e. The van der Waals surface area contributed by atoms with Crippen molar-refractivity contribution in [2.45, 2.75) is 24.8 Å². The number of amides is 1. The van der Waals surface area contributed by atoms with Crippen molar-refractivity contribution >= 4 is 17.7 Å². The lowest BCUT2D eigenvalue weighted by Gasteiger charge is -2.38. The summed E-state index contributed by atoms with van der Waals surface area (Å²) in [7, 11) is 1.24. The average molecular weight is 373 g/mol. The minimum Gasteiger partial charge on any atom is -0.453 e. The molecule has 6 nitrogen and oxygen atoms in total. The summed E-state index contributed by atoms with van der Waals surface area (Å²) in [5.41, 5.74) is -0.113. The fraction of sp³-hybridized carbons (Fsp3) is 0.375. The van der Waals surface area contributed by atoms with Crippen molar-refractivity contribution in [3.8, 4) is 0 Å². The van der Waals surface area contributed by atoms with Crippen LogP contribution in [-0.4, -0.2) is 29.8 Å². The van der Waals surface area contributed by atoms with Gasteiger partial charge in [0.05, 0.1) is 13.2 Å². The van der Waals surface area contributed by atoms with Crippen LogP contribution < -0.4 is 5.56 Å². The van der Waals surface area contributed by atoms with Gasteiger partial charge < -0.3 is 14.2 Å². The molecule has 1 fully saturated rings. The number of nitrogens with zero attached hydrogens (tertiary/aromatic N) is 1. The fourth-order valence-electron chi connectivity index (χ4n) is 3.14. The van der Waals surface area contributed by atoms with Crippen LogP contribution >= 0.6 is 11.6 Å². The second kappa shape index (κ2) is 6.87. The summed E-state index contributed by atoms with van der Waals surface area (Å²) in [4.78, 5) is 24.7. The Labute approximate surface area is 146 Å². The van der Waals surface area contributed by atoms with Gasteiger partial charge in [-0.1, -0.05) is 11.6 Å². The van der Waals surface area contributed by atoms with E-state index in [9.17, 15) is 18.4 Å². The van der Waals surface area contributed by atoms with E-state index in [1.54, 1.807) is 0 Å². The Morgan fingerprint density at radius 2 is 2.04 bits per heavy atom. The topological polar surface area (TPSA) is 75.5 Å². The molecule has 2 atom stereocenters. The molecule has 25 heavy (non-hydrogen) atoms. The zero-order valence-electron chi connectivity index (χ0n) is 13.2. The van der Waals surface area contributed by atoms with Crippen LogP contribution in [0.4, 0.5) is 13.6 Å². The molecule has 1 aromatic heterocycles. The molecule has 1 aromatic carbocycles. The molecule has 1 amide bonds. The quantitative estimate of drug-likeness (QED) is 0.817. The molecular weight excluding hydrogens is 358 g/mol. The predicted molar refractivity (Wildman–Crippen MR) is 84.5 cm³/mol. The van der Waals surface area contributed by atoms with Gasteiger partial charge in [-0.2, -0.15) is 5.16 Å². The van der Waals surface area contributed by atoms with Crippen LogP contribution in [0.15, 0.2) is 27.5 Å². The molecule has 134 valence electrons. The number of ether oxygens (including phenoxy) is 1. The van der Waals surface area contributed by atoms with Crippen LogP contribution in [0.3, 0.4) is 0 Å². The van der Waals surface area contributed by atoms with Crippen LogP contribution in [0.2, 0.25) is 5.02 Å². The Kier molecular flexibility index (Phi) is 4.80. The van der Waals surface area contributed by atoms with E-state index < -0.39 is 28.8 Å². The number of methoxy groups -OCH3 is 1. The number of carbonyl (C=O) groups excluding carboxylic acids is 1. The third-order valence-electron chi connectivity index (χ3n) is 4.35. The second-order valence-electron chi connectivity index (χ2n) is 5.81. The SMILES string of the molecule is COC(=O)N1CC[C@H](c2cc(=O)[nH]o2)C[C@H]1c1cc(F)c(Cl)c(F)c1. The number of hydrogen-bond acceptors (Lipinski definition) is 4. The van der Waals surface area contributed by atoms with Crippen molar-refractivity contribution < 1.29 is 22.8 Å². The van der Waals surface area contributed by atoms with E-state index in [2.05, 4.69) is 5.16 Å². The van der Waals surface area contributed by atoms with Crippen molar-refractivity contribution in [3.05, 3.63) is 56.5 Å². The Morgan fingerprint density at radius 3 is 2.60 bits per heavy atom. The first-order valence-corrected chi connectivity index (χ1v) is 7.96. The molecule has 0 unspecified atom stereocenters. The number of aromatic amines is 1. The monoisotopic (exact) mass is 372 g/mol. The molecule has 0 radical (unpaired) electrons. The number of hydrogen-bond donors (Lipinski definition) is 1. The van der Waals surface area contributed by atoms with E-state index in [0.717, 1.165) is 12.1 Å². The Morgan fingerprint density at radius 1 is 1.36 bits per heavy atom. The van der Waals surface area contributed by atoms with E-state index >= 15 is 0 Å². The van der Waals surface area contributed by atoms with Gasteiger partial charge in [0.1, 0.15) is 22.4 Å². The zero-order valence-corrected chi connectivity index (χ0v) is 14.0. The van der Waals surface area contributed by atoms with Crippen LogP contribution in [0, 0.1) is 11.6 Å². The fourth-order valence-corrected chi connectivity index (χ4v) is 3.25. The molecule has 0 spiro atoms. The summed E-state index contributed by atoms with van der Waals surface area (Å²) in [5.74, 6) is -1.56. The molecule has 1 saturated heterocycles. The summed E-state index contributed by atoms with van der Waals surface area (Å²) in [5, 5.41) is 1.62. The molecule has 1 N–H and O–H groups in total. The van der Waals surface area contributed by atoms with Gasteiger partial charge in [0.2, 0.25) is 0 Å². The van der Waals surface area contributed by atoms with Crippen molar-refractivity contribution in [2.24, 2.45) is 0 Å². The van der Waals surface area contributed by atoms with Gasteiger partial charge in [-0.25, -0.2) is 13.6 Å². The molecule has 0 aliphatic carbocycles. The lowest BCUT2D eigenvalue weighted by atomic mass is 9.86.